The first-order valence-corrected chi connectivity index (χ1v) is 8.71. The summed E-state index contributed by atoms with van der Waals surface area (Å²) in [7, 11) is 1.56. The van der Waals surface area contributed by atoms with Crippen LogP contribution >= 0.6 is 11.6 Å². The molecule has 2 amide bonds. The number of anilines is 1. The summed E-state index contributed by atoms with van der Waals surface area (Å²) in [6.45, 7) is 0. The molecular formula is C21H17ClN2O4. The lowest BCUT2D eigenvalue weighted by Gasteiger charge is -2.11. The molecule has 0 spiro atoms. The summed E-state index contributed by atoms with van der Waals surface area (Å²) in [5, 5.41) is 5.75. The Morgan fingerprint density at radius 2 is 1.79 bits per heavy atom. The van der Waals surface area contributed by atoms with Gasteiger partial charge in [-0.3, -0.25) is 9.59 Å². The molecule has 0 saturated carbocycles. The van der Waals surface area contributed by atoms with Crippen LogP contribution in [0.1, 0.15) is 16.1 Å². The maximum Gasteiger partial charge on any atom is 0.291 e. The van der Waals surface area contributed by atoms with Gasteiger partial charge in [-0.2, -0.15) is 0 Å². The highest BCUT2D eigenvalue weighted by atomic mass is 35.5. The number of hydrogen-bond donors (Lipinski definition) is 2. The number of hydrogen-bond acceptors (Lipinski definition) is 4. The molecule has 7 heteroatoms. The summed E-state index contributed by atoms with van der Waals surface area (Å²) >= 11 is 6.18. The Bertz CT molecular complexity index is 996. The molecule has 2 aromatic carbocycles. The fraction of sp³-hybridized carbons (Fsp3) is 0.0476. The minimum Gasteiger partial charge on any atom is -0.497 e. The minimum atomic E-state index is -0.548. The zero-order chi connectivity index (χ0) is 19.9. The highest BCUT2D eigenvalue weighted by molar-refractivity contribution is 6.32. The van der Waals surface area contributed by atoms with E-state index in [1.807, 2.05) is 0 Å². The molecule has 0 saturated heterocycles. The van der Waals surface area contributed by atoms with Crippen LogP contribution in [0, 0.1) is 0 Å². The number of benzene rings is 2. The molecule has 0 aliphatic heterocycles. The molecule has 0 fully saturated rings. The van der Waals surface area contributed by atoms with Crippen LogP contribution in [0.5, 0.6) is 5.75 Å². The molecule has 0 bridgehead atoms. The number of furan rings is 1. The van der Waals surface area contributed by atoms with Crippen molar-refractivity contribution < 1.29 is 18.7 Å². The molecule has 0 atom stereocenters. The predicted octanol–water partition coefficient (Wildman–Crippen LogP) is 4.35. The maximum atomic E-state index is 12.8. The number of carbonyl (C=O) groups is 2. The molecule has 3 rings (SSSR count). The first-order chi connectivity index (χ1) is 13.6. The standard InChI is InChI=1S/C21H17ClN2O4/c1-27-16-10-8-15(9-11-16)23-20(25)18(13-14-5-2-3-6-17(14)22)24-21(26)19-7-4-12-28-19/h2-13H,1H3,(H,23,25)(H,24,26)/b18-13-. The topological polar surface area (TPSA) is 80.6 Å². The average molecular weight is 397 g/mol. The normalized spacial score (nSPS) is 11.0. The van der Waals surface area contributed by atoms with Crippen molar-refractivity contribution in [3.63, 3.8) is 0 Å². The average Bonchev–Trinajstić information content (AvgIpc) is 3.24. The Balaban J connectivity index is 1.87. The second-order valence-corrected chi connectivity index (χ2v) is 6.10. The van der Waals surface area contributed by atoms with Gasteiger partial charge < -0.3 is 19.8 Å². The molecule has 0 radical (unpaired) electrons. The molecular weight excluding hydrogens is 380 g/mol. The largest absolute Gasteiger partial charge is 0.497 e. The van der Waals surface area contributed by atoms with Gasteiger partial charge in [-0.1, -0.05) is 29.8 Å². The second-order valence-electron chi connectivity index (χ2n) is 5.69. The van der Waals surface area contributed by atoms with E-state index in [0.29, 0.717) is 22.0 Å². The van der Waals surface area contributed by atoms with Crippen LogP contribution in [-0.2, 0) is 4.79 Å². The Hall–Kier alpha value is -3.51. The first kappa shape index (κ1) is 19.3. The number of methoxy groups -OCH3 is 1. The van der Waals surface area contributed by atoms with Gasteiger partial charge in [0.2, 0.25) is 0 Å². The third-order valence-corrected chi connectivity index (χ3v) is 4.13. The quantitative estimate of drug-likeness (QED) is 0.607. The van der Waals surface area contributed by atoms with E-state index in [9.17, 15) is 9.59 Å². The van der Waals surface area contributed by atoms with Gasteiger partial charge >= 0.3 is 0 Å². The van der Waals surface area contributed by atoms with Gasteiger partial charge in [0.1, 0.15) is 11.4 Å². The van der Waals surface area contributed by atoms with Crippen molar-refractivity contribution >= 4 is 35.2 Å². The van der Waals surface area contributed by atoms with Crippen LogP contribution in [0.2, 0.25) is 5.02 Å². The number of carbonyl (C=O) groups excluding carboxylic acids is 2. The second kappa shape index (κ2) is 8.92. The molecule has 2 N–H and O–H groups in total. The SMILES string of the molecule is COc1ccc(NC(=O)/C(=C/c2ccccc2Cl)NC(=O)c2ccco2)cc1. The molecule has 28 heavy (non-hydrogen) atoms. The monoisotopic (exact) mass is 396 g/mol. The van der Waals surface area contributed by atoms with Crippen molar-refractivity contribution in [3.8, 4) is 5.75 Å². The van der Waals surface area contributed by atoms with Crippen LogP contribution in [-0.4, -0.2) is 18.9 Å². The summed E-state index contributed by atoms with van der Waals surface area (Å²) in [5.74, 6) is -0.309. The Morgan fingerprint density at radius 1 is 1.04 bits per heavy atom. The highest BCUT2D eigenvalue weighted by Gasteiger charge is 2.17. The molecule has 3 aromatic rings. The van der Waals surface area contributed by atoms with E-state index in [0.717, 1.165) is 0 Å². The van der Waals surface area contributed by atoms with Gasteiger partial charge in [-0.15, -0.1) is 0 Å². The van der Waals surface area contributed by atoms with E-state index >= 15 is 0 Å². The fourth-order valence-electron chi connectivity index (χ4n) is 2.37. The zero-order valence-corrected chi connectivity index (χ0v) is 15.7. The number of amides is 2. The number of ether oxygens (including phenoxy) is 1. The van der Waals surface area contributed by atoms with Gasteiger partial charge in [-0.25, -0.2) is 0 Å². The van der Waals surface area contributed by atoms with E-state index in [4.69, 9.17) is 20.8 Å². The van der Waals surface area contributed by atoms with Crippen LogP contribution in [0.25, 0.3) is 6.08 Å². The van der Waals surface area contributed by atoms with Gasteiger partial charge in [-0.05, 0) is 54.1 Å². The summed E-state index contributed by atoms with van der Waals surface area (Å²) in [4.78, 5) is 25.1. The smallest absolute Gasteiger partial charge is 0.291 e. The Labute approximate surface area is 166 Å². The van der Waals surface area contributed by atoms with Crippen molar-refractivity contribution in [1.82, 2.24) is 5.32 Å². The first-order valence-electron chi connectivity index (χ1n) is 8.33. The van der Waals surface area contributed by atoms with Crippen molar-refractivity contribution in [2.45, 2.75) is 0 Å². The summed E-state index contributed by atoms with van der Waals surface area (Å²) < 4.78 is 10.2. The van der Waals surface area contributed by atoms with E-state index in [1.54, 1.807) is 61.7 Å². The molecule has 1 aromatic heterocycles. The van der Waals surface area contributed by atoms with Gasteiger partial charge in [0.15, 0.2) is 5.76 Å². The molecule has 6 nitrogen and oxygen atoms in total. The minimum absolute atomic E-state index is 0.0188. The summed E-state index contributed by atoms with van der Waals surface area (Å²) in [5.41, 5.74) is 1.15. The van der Waals surface area contributed by atoms with Crippen LogP contribution in [0.4, 0.5) is 5.69 Å². The lowest BCUT2D eigenvalue weighted by Crippen LogP contribution is -2.30. The fourth-order valence-corrected chi connectivity index (χ4v) is 2.56. The van der Waals surface area contributed by atoms with Crippen LogP contribution < -0.4 is 15.4 Å². The summed E-state index contributed by atoms with van der Waals surface area (Å²) in [6.07, 6.45) is 2.88. The predicted molar refractivity (Wildman–Crippen MR) is 107 cm³/mol. The van der Waals surface area contributed by atoms with E-state index < -0.39 is 11.8 Å². The van der Waals surface area contributed by atoms with Gasteiger partial charge in [0.05, 0.1) is 13.4 Å². The number of rotatable bonds is 6. The third kappa shape index (κ3) is 4.81. The molecule has 0 unspecified atom stereocenters. The molecule has 1 heterocycles. The van der Waals surface area contributed by atoms with Crippen LogP contribution in [0.3, 0.4) is 0 Å². The highest BCUT2D eigenvalue weighted by Crippen LogP contribution is 2.19. The maximum absolute atomic E-state index is 12.8. The Kier molecular flexibility index (Phi) is 6.14. The lowest BCUT2D eigenvalue weighted by molar-refractivity contribution is -0.113. The zero-order valence-electron chi connectivity index (χ0n) is 14.9. The van der Waals surface area contributed by atoms with E-state index in [-0.39, 0.29) is 11.5 Å². The van der Waals surface area contributed by atoms with Gasteiger partial charge in [0, 0.05) is 10.7 Å². The van der Waals surface area contributed by atoms with Crippen molar-refractivity contribution in [3.05, 3.63) is 89.0 Å². The molecule has 0 aliphatic rings. The van der Waals surface area contributed by atoms with Crippen molar-refractivity contribution in [1.29, 1.82) is 0 Å². The summed E-state index contributed by atoms with van der Waals surface area (Å²) in [6, 6.07) is 16.9. The molecule has 142 valence electrons. The molecule has 0 aliphatic carbocycles. The van der Waals surface area contributed by atoms with Crippen molar-refractivity contribution in [2.75, 3.05) is 12.4 Å². The number of nitrogens with one attached hydrogen (secondary N) is 2. The third-order valence-electron chi connectivity index (χ3n) is 3.79. The Morgan fingerprint density at radius 3 is 2.43 bits per heavy atom. The van der Waals surface area contributed by atoms with E-state index in [1.165, 1.54) is 18.4 Å². The van der Waals surface area contributed by atoms with E-state index in [2.05, 4.69) is 10.6 Å². The van der Waals surface area contributed by atoms with Crippen molar-refractivity contribution in [2.24, 2.45) is 0 Å². The number of halogens is 1. The lowest BCUT2D eigenvalue weighted by atomic mass is 10.1. The van der Waals surface area contributed by atoms with Crippen LogP contribution in [0.15, 0.2) is 77.0 Å². The van der Waals surface area contributed by atoms with Gasteiger partial charge in [0.25, 0.3) is 11.8 Å².